The average molecular weight is 229 g/mol. The van der Waals surface area contributed by atoms with E-state index in [0.717, 1.165) is 21.7 Å². The van der Waals surface area contributed by atoms with Crippen LogP contribution in [0.15, 0.2) is 36.5 Å². The number of nitrogens with two attached hydrogens (primary N) is 1. The Balaban J connectivity index is 2.16. The van der Waals surface area contributed by atoms with Crippen molar-refractivity contribution in [3.63, 3.8) is 0 Å². The topological polar surface area (TPSA) is 54.7 Å². The molecule has 2 heterocycles. The lowest BCUT2D eigenvalue weighted by molar-refractivity contribution is 1.08. The van der Waals surface area contributed by atoms with Gasteiger partial charge in [-0.1, -0.05) is 6.07 Å². The SMILES string of the molecule is NCc1ccc2[nH]c(-c3ccns3)cc2c1. The minimum Gasteiger partial charge on any atom is -0.354 e. The van der Waals surface area contributed by atoms with Crippen LogP contribution in [0.2, 0.25) is 0 Å². The van der Waals surface area contributed by atoms with Crippen molar-refractivity contribution in [3.8, 4) is 10.6 Å². The Morgan fingerprint density at radius 3 is 2.94 bits per heavy atom. The van der Waals surface area contributed by atoms with Gasteiger partial charge in [0.15, 0.2) is 0 Å². The van der Waals surface area contributed by atoms with Crippen molar-refractivity contribution in [1.82, 2.24) is 9.36 Å². The van der Waals surface area contributed by atoms with Crippen LogP contribution in [0.4, 0.5) is 0 Å². The zero-order valence-corrected chi connectivity index (χ0v) is 9.42. The van der Waals surface area contributed by atoms with E-state index in [1.165, 1.54) is 16.9 Å². The van der Waals surface area contributed by atoms with Crippen LogP contribution in [0.5, 0.6) is 0 Å². The van der Waals surface area contributed by atoms with E-state index in [-0.39, 0.29) is 0 Å². The average Bonchev–Trinajstić information content (AvgIpc) is 2.96. The fraction of sp³-hybridized carbons (Fsp3) is 0.0833. The first-order valence-corrected chi connectivity index (χ1v) is 5.87. The number of benzene rings is 1. The fourth-order valence-corrected chi connectivity index (χ4v) is 2.36. The van der Waals surface area contributed by atoms with E-state index in [9.17, 15) is 0 Å². The van der Waals surface area contributed by atoms with Crippen LogP contribution in [-0.4, -0.2) is 9.36 Å². The molecule has 0 aliphatic carbocycles. The molecule has 0 fully saturated rings. The minimum absolute atomic E-state index is 0.580. The van der Waals surface area contributed by atoms with Crippen LogP contribution >= 0.6 is 11.5 Å². The molecule has 0 atom stereocenters. The lowest BCUT2D eigenvalue weighted by Crippen LogP contribution is -1.94. The van der Waals surface area contributed by atoms with Crippen molar-refractivity contribution in [2.45, 2.75) is 6.54 Å². The lowest BCUT2D eigenvalue weighted by atomic mass is 10.1. The van der Waals surface area contributed by atoms with E-state index in [4.69, 9.17) is 5.73 Å². The van der Waals surface area contributed by atoms with Gasteiger partial charge >= 0.3 is 0 Å². The number of nitrogens with one attached hydrogen (secondary N) is 1. The van der Waals surface area contributed by atoms with Crippen LogP contribution in [0, 0.1) is 0 Å². The number of hydrogen-bond acceptors (Lipinski definition) is 3. The van der Waals surface area contributed by atoms with Crippen molar-refractivity contribution >= 4 is 22.4 Å². The van der Waals surface area contributed by atoms with Gasteiger partial charge in [-0.05, 0) is 41.4 Å². The number of H-pyrrole nitrogens is 1. The first-order valence-electron chi connectivity index (χ1n) is 5.09. The first kappa shape index (κ1) is 9.57. The van der Waals surface area contributed by atoms with Crippen molar-refractivity contribution in [2.24, 2.45) is 5.73 Å². The van der Waals surface area contributed by atoms with Crippen LogP contribution < -0.4 is 5.73 Å². The van der Waals surface area contributed by atoms with Crippen LogP contribution in [0.3, 0.4) is 0 Å². The zero-order valence-electron chi connectivity index (χ0n) is 8.60. The maximum atomic E-state index is 5.62. The third-order valence-electron chi connectivity index (χ3n) is 2.62. The van der Waals surface area contributed by atoms with Gasteiger partial charge in [0.05, 0.1) is 10.6 Å². The highest BCUT2D eigenvalue weighted by atomic mass is 32.1. The predicted molar refractivity (Wildman–Crippen MR) is 67.3 cm³/mol. The smallest absolute Gasteiger partial charge is 0.0712 e. The Morgan fingerprint density at radius 2 is 2.19 bits per heavy atom. The van der Waals surface area contributed by atoms with Crippen LogP contribution in [0.1, 0.15) is 5.56 Å². The summed E-state index contributed by atoms with van der Waals surface area (Å²) < 4.78 is 4.10. The number of rotatable bonds is 2. The van der Waals surface area contributed by atoms with E-state index < -0.39 is 0 Å². The molecule has 0 aliphatic heterocycles. The zero-order chi connectivity index (χ0) is 11.0. The third-order valence-corrected chi connectivity index (χ3v) is 3.40. The number of fused-ring (bicyclic) bond motifs is 1. The third kappa shape index (κ3) is 1.52. The molecule has 0 saturated carbocycles. The highest BCUT2D eigenvalue weighted by molar-refractivity contribution is 7.09. The summed E-state index contributed by atoms with van der Waals surface area (Å²) in [5, 5.41) is 1.20. The van der Waals surface area contributed by atoms with Crippen LogP contribution in [-0.2, 0) is 6.54 Å². The Labute approximate surface area is 97.1 Å². The largest absolute Gasteiger partial charge is 0.354 e. The summed E-state index contributed by atoms with van der Waals surface area (Å²) in [7, 11) is 0. The Morgan fingerprint density at radius 1 is 1.25 bits per heavy atom. The van der Waals surface area contributed by atoms with Crippen molar-refractivity contribution in [3.05, 3.63) is 42.1 Å². The van der Waals surface area contributed by atoms with E-state index in [1.54, 1.807) is 0 Å². The molecular weight excluding hydrogens is 218 g/mol. The molecule has 0 unspecified atom stereocenters. The summed E-state index contributed by atoms with van der Waals surface area (Å²) in [6, 6.07) is 10.4. The highest BCUT2D eigenvalue weighted by Crippen LogP contribution is 2.26. The first-order chi connectivity index (χ1) is 7.86. The van der Waals surface area contributed by atoms with Gasteiger partial charge < -0.3 is 10.7 Å². The summed E-state index contributed by atoms with van der Waals surface area (Å²) >= 11 is 1.50. The summed E-state index contributed by atoms with van der Waals surface area (Å²) in [4.78, 5) is 4.54. The molecule has 0 aliphatic rings. The van der Waals surface area contributed by atoms with Gasteiger partial charge in [-0.2, -0.15) is 0 Å². The maximum absolute atomic E-state index is 5.62. The monoisotopic (exact) mass is 229 g/mol. The number of nitrogens with zero attached hydrogens (tertiary/aromatic N) is 1. The summed E-state index contributed by atoms with van der Waals surface area (Å²) in [6.07, 6.45) is 1.82. The molecule has 80 valence electrons. The summed E-state index contributed by atoms with van der Waals surface area (Å²) in [5.74, 6) is 0. The molecule has 16 heavy (non-hydrogen) atoms. The number of hydrogen-bond donors (Lipinski definition) is 2. The second kappa shape index (κ2) is 3.73. The highest BCUT2D eigenvalue weighted by Gasteiger charge is 2.04. The Bertz CT molecular complexity index is 610. The van der Waals surface area contributed by atoms with Gasteiger partial charge in [-0.3, -0.25) is 0 Å². The van der Waals surface area contributed by atoms with E-state index >= 15 is 0 Å². The summed E-state index contributed by atoms with van der Waals surface area (Å²) in [6.45, 7) is 0.580. The van der Waals surface area contributed by atoms with Gasteiger partial charge in [0, 0.05) is 23.6 Å². The predicted octanol–water partition coefficient (Wildman–Crippen LogP) is 2.75. The van der Waals surface area contributed by atoms with E-state index in [0.29, 0.717) is 6.54 Å². The molecule has 0 radical (unpaired) electrons. The molecule has 2 aromatic heterocycles. The van der Waals surface area contributed by atoms with Crippen molar-refractivity contribution in [2.75, 3.05) is 0 Å². The second-order valence-corrected chi connectivity index (χ2v) is 4.52. The van der Waals surface area contributed by atoms with Gasteiger partial charge in [0.25, 0.3) is 0 Å². The van der Waals surface area contributed by atoms with Gasteiger partial charge in [0.1, 0.15) is 0 Å². The van der Waals surface area contributed by atoms with E-state index in [2.05, 4.69) is 33.6 Å². The van der Waals surface area contributed by atoms with E-state index in [1.807, 2.05) is 12.3 Å². The Hall–Kier alpha value is -1.65. The quantitative estimate of drug-likeness (QED) is 0.710. The van der Waals surface area contributed by atoms with Gasteiger partial charge in [0.2, 0.25) is 0 Å². The molecule has 3 rings (SSSR count). The molecule has 0 saturated heterocycles. The number of aromatic nitrogens is 2. The standard InChI is InChI=1S/C12H11N3S/c13-7-8-1-2-10-9(5-8)6-11(15-10)12-3-4-14-16-12/h1-6,15H,7,13H2. The molecule has 0 spiro atoms. The molecular formula is C12H11N3S. The molecule has 0 amide bonds. The fourth-order valence-electron chi connectivity index (χ4n) is 1.80. The normalized spacial score (nSPS) is 11.1. The molecule has 1 aromatic carbocycles. The molecule has 3 nitrogen and oxygen atoms in total. The number of aromatic amines is 1. The van der Waals surface area contributed by atoms with Crippen molar-refractivity contribution in [1.29, 1.82) is 0 Å². The second-order valence-electron chi connectivity index (χ2n) is 3.69. The van der Waals surface area contributed by atoms with Gasteiger partial charge in [-0.25, -0.2) is 4.37 Å². The lowest BCUT2D eigenvalue weighted by Gasteiger charge is -1.94. The molecule has 0 bridgehead atoms. The van der Waals surface area contributed by atoms with Crippen molar-refractivity contribution < 1.29 is 0 Å². The molecule has 3 aromatic rings. The van der Waals surface area contributed by atoms with Crippen LogP contribution in [0.25, 0.3) is 21.5 Å². The maximum Gasteiger partial charge on any atom is 0.0712 e. The minimum atomic E-state index is 0.580. The van der Waals surface area contributed by atoms with Gasteiger partial charge in [-0.15, -0.1) is 0 Å². The Kier molecular flexibility index (Phi) is 2.23. The molecule has 3 N–H and O–H groups in total. The molecule has 4 heteroatoms. The summed E-state index contributed by atoms with van der Waals surface area (Å²) in [5.41, 5.74) is 9.04.